The van der Waals surface area contributed by atoms with Crippen molar-refractivity contribution < 1.29 is 23.6 Å². The number of hydrogen-bond donors (Lipinski definition) is 2. The fraction of sp³-hybridized carbons (Fsp3) is 0.273. The van der Waals surface area contributed by atoms with E-state index in [1.165, 1.54) is 29.2 Å². The zero-order chi connectivity index (χ0) is 22.8. The van der Waals surface area contributed by atoms with Crippen LogP contribution in [0.1, 0.15) is 24.5 Å². The van der Waals surface area contributed by atoms with Gasteiger partial charge in [0.25, 0.3) is 5.91 Å². The van der Waals surface area contributed by atoms with E-state index >= 15 is 0 Å². The maximum absolute atomic E-state index is 13.3. The van der Waals surface area contributed by atoms with Crippen LogP contribution in [0.15, 0.2) is 48.5 Å². The van der Waals surface area contributed by atoms with E-state index in [2.05, 4.69) is 5.32 Å². The van der Waals surface area contributed by atoms with Crippen molar-refractivity contribution in [3.05, 3.63) is 65.5 Å². The van der Waals surface area contributed by atoms with Crippen LogP contribution in [0.2, 0.25) is 0 Å². The van der Waals surface area contributed by atoms with Crippen molar-refractivity contribution in [1.82, 2.24) is 10.2 Å². The molecule has 3 N–H and O–H groups in total. The van der Waals surface area contributed by atoms with Gasteiger partial charge in [-0.2, -0.15) is 0 Å². The van der Waals surface area contributed by atoms with Gasteiger partial charge in [0.1, 0.15) is 17.9 Å². The molecule has 0 radical (unpaired) electrons. The van der Waals surface area contributed by atoms with Gasteiger partial charge in [-0.05, 0) is 49.2 Å². The molecular weight excluding hydrogens is 403 g/mol. The molecule has 1 saturated heterocycles. The van der Waals surface area contributed by atoms with E-state index in [0.717, 1.165) is 10.5 Å². The smallest absolute Gasteiger partial charge is 0.325 e. The molecule has 31 heavy (non-hydrogen) atoms. The Kier molecular flexibility index (Phi) is 6.05. The Hall–Kier alpha value is -3.75. The van der Waals surface area contributed by atoms with Gasteiger partial charge in [0, 0.05) is 18.7 Å². The lowest BCUT2D eigenvalue weighted by atomic mass is 9.88. The average molecular weight is 426 g/mol. The number of imide groups is 1. The number of nitrogens with two attached hydrogens (primary N) is 1. The minimum atomic E-state index is -1.31. The van der Waals surface area contributed by atoms with Crippen LogP contribution in [0.25, 0.3) is 0 Å². The zero-order valence-corrected chi connectivity index (χ0v) is 17.2. The van der Waals surface area contributed by atoms with Crippen molar-refractivity contribution in [2.75, 3.05) is 18.0 Å². The van der Waals surface area contributed by atoms with E-state index in [1.807, 2.05) is 19.1 Å². The van der Waals surface area contributed by atoms with E-state index in [4.69, 9.17) is 5.73 Å². The second-order valence-electron chi connectivity index (χ2n) is 7.50. The van der Waals surface area contributed by atoms with Crippen LogP contribution in [-0.2, 0) is 19.9 Å². The molecule has 1 atom stereocenters. The third-order valence-electron chi connectivity index (χ3n) is 5.27. The number of hydrogen-bond acceptors (Lipinski definition) is 4. The highest BCUT2D eigenvalue weighted by molar-refractivity contribution is 6.10. The van der Waals surface area contributed by atoms with E-state index in [0.29, 0.717) is 11.3 Å². The number of carbonyl (C=O) groups is 4. The van der Waals surface area contributed by atoms with Crippen LogP contribution in [0, 0.1) is 12.7 Å². The van der Waals surface area contributed by atoms with Gasteiger partial charge in [0.05, 0.1) is 0 Å². The van der Waals surface area contributed by atoms with Crippen LogP contribution in [0.5, 0.6) is 0 Å². The number of nitrogens with zero attached hydrogens (tertiary/aromatic N) is 2. The molecule has 162 valence electrons. The second-order valence-corrected chi connectivity index (χ2v) is 7.50. The third kappa shape index (κ3) is 4.40. The van der Waals surface area contributed by atoms with Crippen LogP contribution >= 0.6 is 0 Å². The molecule has 9 heteroatoms. The predicted molar refractivity (Wildman–Crippen MR) is 111 cm³/mol. The molecule has 8 nitrogen and oxygen atoms in total. The van der Waals surface area contributed by atoms with Gasteiger partial charge >= 0.3 is 6.03 Å². The normalized spacial score (nSPS) is 18.1. The largest absolute Gasteiger partial charge is 0.370 e. The molecule has 0 spiro atoms. The minimum Gasteiger partial charge on any atom is -0.370 e. The Labute approximate surface area is 178 Å². The lowest BCUT2D eigenvalue weighted by molar-refractivity contribution is -0.134. The Bertz CT molecular complexity index is 1040. The molecule has 3 rings (SSSR count). The van der Waals surface area contributed by atoms with Gasteiger partial charge < -0.3 is 16.0 Å². The predicted octanol–water partition coefficient (Wildman–Crippen LogP) is 1.81. The van der Waals surface area contributed by atoms with Crippen molar-refractivity contribution in [1.29, 1.82) is 0 Å². The highest BCUT2D eigenvalue weighted by Gasteiger charge is 2.50. The van der Waals surface area contributed by atoms with Crippen molar-refractivity contribution in [3.8, 4) is 0 Å². The van der Waals surface area contributed by atoms with Crippen molar-refractivity contribution in [3.63, 3.8) is 0 Å². The summed E-state index contributed by atoms with van der Waals surface area (Å²) in [5.74, 6) is -2.28. The molecule has 2 aromatic rings. The number of amides is 5. The maximum atomic E-state index is 13.3. The number of rotatable bonds is 7. The molecule has 1 heterocycles. The van der Waals surface area contributed by atoms with E-state index in [9.17, 15) is 23.6 Å². The summed E-state index contributed by atoms with van der Waals surface area (Å²) in [4.78, 5) is 52.0. The topological polar surface area (TPSA) is 113 Å². The van der Waals surface area contributed by atoms with Crippen LogP contribution in [0.3, 0.4) is 0 Å². The fourth-order valence-corrected chi connectivity index (χ4v) is 3.62. The van der Waals surface area contributed by atoms with Gasteiger partial charge in [-0.1, -0.05) is 24.3 Å². The highest BCUT2D eigenvalue weighted by Crippen LogP contribution is 2.31. The summed E-state index contributed by atoms with van der Waals surface area (Å²) >= 11 is 0. The molecular formula is C22H23FN4O4. The Morgan fingerprint density at radius 1 is 1.13 bits per heavy atom. The number of aryl methyl sites for hydroxylation is 1. The summed E-state index contributed by atoms with van der Waals surface area (Å²) in [6.07, 6.45) is -0.135. The molecule has 0 saturated carbocycles. The average Bonchev–Trinajstić information content (AvgIpc) is 2.93. The van der Waals surface area contributed by atoms with E-state index in [-0.39, 0.29) is 13.0 Å². The van der Waals surface area contributed by atoms with Crippen molar-refractivity contribution in [2.24, 2.45) is 5.73 Å². The molecule has 1 fully saturated rings. The lowest BCUT2D eigenvalue weighted by Gasteiger charge is -2.26. The highest BCUT2D eigenvalue weighted by atomic mass is 19.1. The summed E-state index contributed by atoms with van der Waals surface area (Å²) in [6, 6.07) is 11.5. The summed E-state index contributed by atoms with van der Waals surface area (Å²) in [5.41, 5.74) is 5.66. The number of halogens is 1. The van der Waals surface area contributed by atoms with Gasteiger partial charge in [0.2, 0.25) is 11.8 Å². The number of primary amides is 1. The van der Waals surface area contributed by atoms with Gasteiger partial charge in [-0.15, -0.1) is 0 Å². The Morgan fingerprint density at radius 3 is 2.39 bits per heavy atom. The van der Waals surface area contributed by atoms with Crippen LogP contribution < -0.4 is 16.0 Å². The first kappa shape index (κ1) is 21.9. The maximum Gasteiger partial charge on any atom is 0.325 e. The van der Waals surface area contributed by atoms with Crippen molar-refractivity contribution >= 4 is 29.4 Å². The molecule has 2 aromatic carbocycles. The first-order valence-corrected chi connectivity index (χ1v) is 9.68. The van der Waals surface area contributed by atoms with Gasteiger partial charge in [0.15, 0.2) is 0 Å². The van der Waals surface area contributed by atoms with Gasteiger partial charge in [-0.25, -0.2) is 9.18 Å². The number of carbonyl (C=O) groups excluding carboxylic acids is 4. The van der Waals surface area contributed by atoms with Crippen LogP contribution in [0.4, 0.5) is 14.9 Å². The second kappa shape index (κ2) is 8.55. The first-order chi connectivity index (χ1) is 14.6. The van der Waals surface area contributed by atoms with Gasteiger partial charge in [-0.3, -0.25) is 19.3 Å². The fourth-order valence-electron chi connectivity index (χ4n) is 3.62. The summed E-state index contributed by atoms with van der Waals surface area (Å²) in [5, 5.41) is 2.67. The molecule has 1 unspecified atom stereocenters. The standard InChI is InChI=1S/C22H23FN4O4/c1-14-5-3-4-6-17(14)22(2)20(30)27(21(31)25-22)13-19(29)26(12-11-18(24)28)16-9-7-15(23)8-10-16/h3-10H,11-13H2,1-2H3,(H2,24,28)(H,25,31). The number of anilines is 1. The molecule has 1 aliphatic heterocycles. The SMILES string of the molecule is Cc1ccccc1C1(C)NC(=O)N(CC(=O)N(CCC(N)=O)c2ccc(F)cc2)C1=O. The molecule has 1 aliphatic rings. The third-order valence-corrected chi connectivity index (χ3v) is 5.27. The molecule has 0 aliphatic carbocycles. The molecule has 0 aromatic heterocycles. The summed E-state index contributed by atoms with van der Waals surface area (Å²) in [6.45, 7) is 2.81. The van der Waals surface area contributed by atoms with E-state index in [1.54, 1.807) is 19.1 Å². The Balaban J connectivity index is 1.85. The summed E-state index contributed by atoms with van der Waals surface area (Å²) in [7, 11) is 0. The molecule has 5 amide bonds. The van der Waals surface area contributed by atoms with Crippen molar-refractivity contribution in [2.45, 2.75) is 25.8 Å². The van der Waals surface area contributed by atoms with E-state index < -0.39 is 41.7 Å². The monoisotopic (exact) mass is 426 g/mol. The zero-order valence-electron chi connectivity index (χ0n) is 17.2. The lowest BCUT2D eigenvalue weighted by Crippen LogP contribution is -2.45. The first-order valence-electron chi connectivity index (χ1n) is 9.68. The number of urea groups is 1. The summed E-state index contributed by atoms with van der Waals surface area (Å²) < 4.78 is 13.3. The molecule has 0 bridgehead atoms. The number of benzene rings is 2. The quantitative estimate of drug-likeness (QED) is 0.658. The number of nitrogens with one attached hydrogen (secondary N) is 1. The Morgan fingerprint density at radius 2 is 1.77 bits per heavy atom. The van der Waals surface area contributed by atoms with Crippen LogP contribution in [-0.4, -0.2) is 41.7 Å². The minimum absolute atomic E-state index is 0.0709.